The van der Waals surface area contributed by atoms with E-state index in [1.165, 1.54) is 0 Å². The lowest BCUT2D eigenvalue weighted by Crippen LogP contribution is -2.30. The van der Waals surface area contributed by atoms with Gasteiger partial charge in [-0.15, -0.1) is 0 Å². The van der Waals surface area contributed by atoms with Gasteiger partial charge in [0.2, 0.25) is 0 Å². The van der Waals surface area contributed by atoms with E-state index in [0.29, 0.717) is 5.82 Å². The number of methoxy groups -OCH3 is 1. The van der Waals surface area contributed by atoms with E-state index in [0.717, 1.165) is 11.3 Å². The van der Waals surface area contributed by atoms with E-state index in [1.807, 2.05) is 31.2 Å². The Morgan fingerprint density at radius 2 is 2.16 bits per heavy atom. The van der Waals surface area contributed by atoms with Crippen molar-refractivity contribution in [1.82, 2.24) is 14.9 Å². The Bertz CT molecular complexity index is 552. The van der Waals surface area contributed by atoms with Gasteiger partial charge in [0.05, 0.1) is 13.2 Å². The third-order valence-electron chi connectivity index (χ3n) is 3.19. The van der Waals surface area contributed by atoms with Crippen LogP contribution in [0.4, 0.5) is 0 Å². The average molecular weight is 259 g/mol. The highest BCUT2D eigenvalue weighted by Crippen LogP contribution is 2.28. The minimum Gasteiger partial charge on any atom is -0.496 e. The second-order valence-electron chi connectivity index (χ2n) is 4.27. The molecular formula is C14H17N3O2. The van der Waals surface area contributed by atoms with Gasteiger partial charge in [-0.3, -0.25) is 4.79 Å². The monoisotopic (exact) mass is 259 g/mol. The normalized spacial score (nSPS) is 11.9. The van der Waals surface area contributed by atoms with Crippen molar-refractivity contribution >= 4 is 5.91 Å². The molecule has 0 fully saturated rings. The predicted octanol–water partition coefficient (Wildman–Crippen LogP) is 2.25. The first kappa shape index (κ1) is 13.1. The van der Waals surface area contributed by atoms with Crippen LogP contribution in [0.1, 0.15) is 29.1 Å². The summed E-state index contributed by atoms with van der Waals surface area (Å²) in [6.07, 6.45) is 3.20. The van der Waals surface area contributed by atoms with E-state index in [1.54, 1.807) is 31.5 Å². The fourth-order valence-electron chi connectivity index (χ4n) is 1.95. The first-order chi connectivity index (χ1) is 9.15. The Hall–Kier alpha value is -2.30. The van der Waals surface area contributed by atoms with Crippen molar-refractivity contribution in [3.63, 3.8) is 0 Å². The molecule has 2 rings (SSSR count). The molecule has 0 spiro atoms. The van der Waals surface area contributed by atoms with Crippen molar-refractivity contribution in [3.05, 3.63) is 48.0 Å². The highest BCUT2D eigenvalue weighted by Gasteiger charge is 2.22. The molecule has 2 aromatic rings. The number of aromatic nitrogens is 2. The SMILES string of the molecule is COc1ccccc1[C@H](C)N(C)C(=O)c1ncc[nH]1. The molecule has 5 nitrogen and oxygen atoms in total. The summed E-state index contributed by atoms with van der Waals surface area (Å²) in [7, 11) is 3.38. The summed E-state index contributed by atoms with van der Waals surface area (Å²) in [6, 6.07) is 7.57. The average Bonchev–Trinajstić information content (AvgIpc) is 2.99. The van der Waals surface area contributed by atoms with Crippen molar-refractivity contribution in [3.8, 4) is 5.75 Å². The van der Waals surface area contributed by atoms with Crippen LogP contribution in [-0.2, 0) is 0 Å². The van der Waals surface area contributed by atoms with Gasteiger partial charge < -0.3 is 14.6 Å². The third kappa shape index (κ3) is 2.59. The topological polar surface area (TPSA) is 58.2 Å². The number of hydrogen-bond acceptors (Lipinski definition) is 3. The van der Waals surface area contributed by atoms with Crippen LogP contribution in [0.5, 0.6) is 5.75 Å². The fourth-order valence-corrected chi connectivity index (χ4v) is 1.95. The van der Waals surface area contributed by atoms with Crippen LogP contribution in [0, 0.1) is 0 Å². The van der Waals surface area contributed by atoms with E-state index >= 15 is 0 Å². The molecule has 0 saturated carbocycles. The van der Waals surface area contributed by atoms with Crippen molar-refractivity contribution < 1.29 is 9.53 Å². The molecule has 0 aliphatic heterocycles. The number of carbonyl (C=O) groups excluding carboxylic acids is 1. The Balaban J connectivity index is 2.23. The van der Waals surface area contributed by atoms with Crippen molar-refractivity contribution in [2.24, 2.45) is 0 Å². The molecule has 0 saturated heterocycles. The Kier molecular flexibility index (Phi) is 3.85. The van der Waals surface area contributed by atoms with Gasteiger partial charge in [0.15, 0.2) is 5.82 Å². The zero-order chi connectivity index (χ0) is 13.8. The van der Waals surface area contributed by atoms with Gasteiger partial charge in [-0.1, -0.05) is 18.2 Å². The van der Waals surface area contributed by atoms with Gasteiger partial charge >= 0.3 is 0 Å². The molecule has 0 aliphatic rings. The van der Waals surface area contributed by atoms with Gasteiger partial charge in [0.25, 0.3) is 5.91 Å². The number of H-pyrrole nitrogens is 1. The molecule has 1 heterocycles. The van der Waals surface area contributed by atoms with Gasteiger partial charge in [-0.2, -0.15) is 0 Å². The quantitative estimate of drug-likeness (QED) is 0.916. The summed E-state index contributed by atoms with van der Waals surface area (Å²) in [5.41, 5.74) is 0.965. The zero-order valence-corrected chi connectivity index (χ0v) is 11.3. The molecule has 1 N–H and O–H groups in total. The van der Waals surface area contributed by atoms with Crippen LogP contribution in [-0.4, -0.2) is 34.9 Å². The lowest BCUT2D eigenvalue weighted by Gasteiger charge is -2.25. The number of carbonyl (C=O) groups is 1. The minimum absolute atomic E-state index is 0.103. The lowest BCUT2D eigenvalue weighted by molar-refractivity contribution is 0.0730. The molecule has 0 unspecified atom stereocenters. The Labute approximate surface area is 112 Å². The van der Waals surface area contributed by atoms with E-state index in [4.69, 9.17) is 4.74 Å². The number of rotatable bonds is 4. The number of hydrogen-bond donors (Lipinski definition) is 1. The van der Waals surface area contributed by atoms with E-state index in [9.17, 15) is 4.79 Å². The van der Waals surface area contributed by atoms with Gasteiger partial charge in [-0.05, 0) is 13.0 Å². The van der Waals surface area contributed by atoms with Crippen LogP contribution >= 0.6 is 0 Å². The van der Waals surface area contributed by atoms with Crippen LogP contribution in [0.25, 0.3) is 0 Å². The summed E-state index contributed by atoms with van der Waals surface area (Å²) in [4.78, 5) is 20.6. The number of imidazole rings is 1. The van der Waals surface area contributed by atoms with Crippen molar-refractivity contribution in [2.45, 2.75) is 13.0 Å². The highest BCUT2D eigenvalue weighted by molar-refractivity contribution is 5.90. The standard InChI is InChI=1S/C14H17N3O2/c1-10(11-6-4-5-7-12(11)19-3)17(2)14(18)13-15-8-9-16-13/h4-10H,1-3H3,(H,15,16)/t10-/m0/s1. The number of aromatic amines is 1. The molecule has 1 aromatic heterocycles. The molecule has 0 radical (unpaired) electrons. The van der Waals surface area contributed by atoms with Gasteiger partial charge in [0.1, 0.15) is 5.75 Å². The van der Waals surface area contributed by atoms with Crippen LogP contribution < -0.4 is 4.74 Å². The largest absolute Gasteiger partial charge is 0.496 e. The number of nitrogens with one attached hydrogen (secondary N) is 1. The van der Waals surface area contributed by atoms with Crippen LogP contribution in [0.3, 0.4) is 0 Å². The molecule has 19 heavy (non-hydrogen) atoms. The molecule has 5 heteroatoms. The fraction of sp³-hybridized carbons (Fsp3) is 0.286. The smallest absolute Gasteiger partial charge is 0.289 e. The summed E-state index contributed by atoms with van der Waals surface area (Å²) < 4.78 is 5.33. The zero-order valence-electron chi connectivity index (χ0n) is 11.3. The maximum Gasteiger partial charge on any atom is 0.289 e. The van der Waals surface area contributed by atoms with Crippen molar-refractivity contribution in [1.29, 1.82) is 0 Å². The number of benzene rings is 1. The summed E-state index contributed by atoms with van der Waals surface area (Å²) >= 11 is 0. The number of amides is 1. The summed E-state index contributed by atoms with van der Waals surface area (Å²) in [6.45, 7) is 1.96. The maximum atomic E-state index is 12.2. The minimum atomic E-state index is -0.150. The third-order valence-corrected chi connectivity index (χ3v) is 3.19. The summed E-state index contributed by atoms with van der Waals surface area (Å²) in [5.74, 6) is 0.960. The maximum absolute atomic E-state index is 12.2. The molecule has 0 aliphatic carbocycles. The van der Waals surface area contributed by atoms with Crippen molar-refractivity contribution in [2.75, 3.05) is 14.2 Å². The van der Waals surface area contributed by atoms with E-state index in [-0.39, 0.29) is 11.9 Å². The first-order valence-corrected chi connectivity index (χ1v) is 6.04. The molecule has 1 amide bonds. The lowest BCUT2D eigenvalue weighted by atomic mass is 10.1. The Morgan fingerprint density at radius 1 is 1.42 bits per heavy atom. The van der Waals surface area contributed by atoms with E-state index < -0.39 is 0 Å². The second kappa shape index (κ2) is 5.56. The van der Waals surface area contributed by atoms with Crippen LogP contribution in [0.2, 0.25) is 0 Å². The summed E-state index contributed by atoms with van der Waals surface area (Å²) in [5, 5.41) is 0. The van der Waals surface area contributed by atoms with Gasteiger partial charge in [-0.25, -0.2) is 4.98 Å². The van der Waals surface area contributed by atoms with Crippen LogP contribution in [0.15, 0.2) is 36.7 Å². The predicted molar refractivity (Wildman–Crippen MR) is 72.1 cm³/mol. The molecule has 1 atom stereocenters. The molecule has 0 bridgehead atoms. The molecular weight excluding hydrogens is 242 g/mol. The molecule has 100 valence electrons. The number of nitrogens with zero attached hydrogens (tertiary/aromatic N) is 2. The second-order valence-corrected chi connectivity index (χ2v) is 4.27. The molecule has 1 aromatic carbocycles. The first-order valence-electron chi connectivity index (χ1n) is 6.04. The van der Waals surface area contributed by atoms with Gasteiger partial charge in [0, 0.05) is 25.0 Å². The highest BCUT2D eigenvalue weighted by atomic mass is 16.5. The van der Waals surface area contributed by atoms with E-state index in [2.05, 4.69) is 9.97 Å². The number of para-hydroxylation sites is 1. The number of ether oxygens (including phenoxy) is 1. The Morgan fingerprint density at radius 3 is 2.79 bits per heavy atom.